The molecule has 40 heavy (non-hydrogen) atoms. The van der Waals surface area contributed by atoms with Gasteiger partial charge in [-0.1, -0.05) is 42.5 Å². The monoisotopic (exact) mass is 538 g/mol. The van der Waals surface area contributed by atoms with Gasteiger partial charge in [-0.15, -0.1) is 0 Å². The Hall–Kier alpha value is -3.18. The molecule has 5 aliphatic rings. The van der Waals surface area contributed by atoms with Gasteiger partial charge >= 0.3 is 11.9 Å². The topological polar surface area (TPSA) is 72.8 Å². The number of aliphatic hydroxyl groups is 1. The molecular formula is C35H38O5. The summed E-state index contributed by atoms with van der Waals surface area (Å²) in [7, 11) is 0. The average molecular weight is 539 g/mol. The Balaban J connectivity index is 1.23. The first-order valence-electron chi connectivity index (χ1n) is 15.0. The van der Waals surface area contributed by atoms with E-state index in [9.17, 15) is 14.7 Å². The van der Waals surface area contributed by atoms with Crippen LogP contribution in [0.15, 0.2) is 54.6 Å². The van der Waals surface area contributed by atoms with Crippen molar-refractivity contribution in [2.45, 2.75) is 82.3 Å². The number of hydrogen-bond donors (Lipinski definition) is 1. The summed E-state index contributed by atoms with van der Waals surface area (Å²) in [5.74, 6) is -0.822. The SMILES string of the molecule is CC1(C)OC(=O)C(c2ccc3cc(-c4ccc(CCCO)c(C56CC7CC(CC(C7)C5)C6)c4)ccc3c2)C(=O)O1. The fourth-order valence-corrected chi connectivity index (χ4v) is 8.79. The third-order valence-electron chi connectivity index (χ3n) is 10.0. The van der Waals surface area contributed by atoms with Crippen LogP contribution in [-0.4, -0.2) is 29.4 Å². The van der Waals surface area contributed by atoms with Gasteiger partial charge in [0.15, 0.2) is 5.92 Å². The van der Waals surface area contributed by atoms with Crippen LogP contribution in [0.25, 0.3) is 21.9 Å². The second-order valence-electron chi connectivity index (χ2n) is 13.4. The third kappa shape index (κ3) is 4.43. The molecule has 5 nitrogen and oxygen atoms in total. The first kappa shape index (κ1) is 25.8. The van der Waals surface area contributed by atoms with Crippen LogP contribution in [0.3, 0.4) is 0 Å². The summed E-state index contributed by atoms with van der Waals surface area (Å²) in [6.07, 6.45) is 9.95. The van der Waals surface area contributed by atoms with Crippen molar-refractivity contribution in [2.24, 2.45) is 17.8 Å². The Bertz CT molecular complexity index is 1450. The highest BCUT2D eigenvalue weighted by atomic mass is 16.7. The molecule has 1 heterocycles. The van der Waals surface area contributed by atoms with Crippen molar-refractivity contribution in [3.8, 4) is 11.1 Å². The molecule has 4 bridgehead atoms. The maximum Gasteiger partial charge on any atom is 0.328 e. The maximum atomic E-state index is 12.6. The smallest absolute Gasteiger partial charge is 0.328 e. The zero-order valence-corrected chi connectivity index (χ0v) is 23.4. The Morgan fingerprint density at radius 2 is 1.35 bits per heavy atom. The summed E-state index contributed by atoms with van der Waals surface area (Å²) in [5.41, 5.74) is 6.22. The molecule has 3 aromatic carbocycles. The highest BCUT2D eigenvalue weighted by Crippen LogP contribution is 2.61. The molecule has 4 aliphatic carbocycles. The molecule has 0 amide bonds. The van der Waals surface area contributed by atoms with Gasteiger partial charge in [-0.2, -0.15) is 0 Å². The molecular weight excluding hydrogens is 500 g/mol. The minimum absolute atomic E-state index is 0.225. The van der Waals surface area contributed by atoms with Crippen molar-refractivity contribution < 1.29 is 24.2 Å². The van der Waals surface area contributed by atoms with Gasteiger partial charge in [-0.3, -0.25) is 9.59 Å². The molecule has 5 heteroatoms. The van der Waals surface area contributed by atoms with Gasteiger partial charge in [0.05, 0.1) is 0 Å². The number of aryl methyl sites for hydroxylation is 1. The van der Waals surface area contributed by atoms with E-state index in [1.807, 2.05) is 18.2 Å². The molecule has 0 spiro atoms. The van der Waals surface area contributed by atoms with E-state index in [4.69, 9.17) is 9.47 Å². The van der Waals surface area contributed by atoms with Gasteiger partial charge in [-0.05, 0) is 125 Å². The van der Waals surface area contributed by atoms with E-state index in [-0.39, 0.29) is 6.61 Å². The molecule has 4 saturated carbocycles. The lowest BCUT2D eigenvalue weighted by atomic mass is 9.47. The average Bonchev–Trinajstić information content (AvgIpc) is 2.89. The molecule has 1 saturated heterocycles. The van der Waals surface area contributed by atoms with E-state index in [1.54, 1.807) is 13.8 Å². The van der Waals surface area contributed by atoms with Gasteiger partial charge in [0.2, 0.25) is 0 Å². The quantitative estimate of drug-likeness (QED) is 0.275. The zero-order chi connectivity index (χ0) is 27.6. The molecule has 1 aliphatic heterocycles. The number of cyclic esters (lactones) is 2. The molecule has 8 rings (SSSR count). The van der Waals surface area contributed by atoms with Crippen molar-refractivity contribution in [2.75, 3.05) is 6.61 Å². The molecule has 1 N–H and O–H groups in total. The van der Waals surface area contributed by atoms with Crippen LogP contribution in [0.5, 0.6) is 0 Å². The number of benzene rings is 3. The number of carbonyl (C=O) groups is 2. The normalized spacial score (nSPS) is 29.0. The minimum Gasteiger partial charge on any atom is -0.422 e. The van der Waals surface area contributed by atoms with Crippen LogP contribution in [0, 0.1) is 17.8 Å². The Morgan fingerprint density at radius 1 is 0.775 bits per heavy atom. The van der Waals surface area contributed by atoms with Crippen molar-refractivity contribution in [1.82, 2.24) is 0 Å². The number of rotatable bonds is 6. The number of fused-ring (bicyclic) bond motifs is 1. The molecule has 0 atom stereocenters. The zero-order valence-electron chi connectivity index (χ0n) is 23.4. The van der Waals surface area contributed by atoms with Crippen LogP contribution in [0.1, 0.15) is 81.4 Å². The summed E-state index contributed by atoms with van der Waals surface area (Å²) in [5, 5.41) is 11.6. The fourth-order valence-electron chi connectivity index (χ4n) is 8.79. The first-order valence-corrected chi connectivity index (χ1v) is 15.0. The number of carbonyl (C=O) groups excluding carboxylic acids is 2. The number of esters is 2. The lowest BCUT2D eigenvalue weighted by Gasteiger charge is -2.57. The summed E-state index contributed by atoms with van der Waals surface area (Å²) in [4.78, 5) is 25.2. The number of hydrogen-bond acceptors (Lipinski definition) is 5. The second kappa shape index (κ2) is 9.44. The number of ether oxygens (including phenoxy) is 2. The molecule has 0 radical (unpaired) electrons. The van der Waals surface area contributed by atoms with E-state index in [0.717, 1.165) is 46.9 Å². The summed E-state index contributed by atoms with van der Waals surface area (Å²) < 4.78 is 10.7. The third-order valence-corrected chi connectivity index (χ3v) is 10.0. The van der Waals surface area contributed by atoms with E-state index in [2.05, 4.69) is 36.4 Å². The van der Waals surface area contributed by atoms with Crippen LogP contribution in [-0.2, 0) is 30.9 Å². The highest BCUT2D eigenvalue weighted by Gasteiger charge is 2.52. The van der Waals surface area contributed by atoms with E-state index < -0.39 is 23.6 Å². The van der Waals surface area contributed by atoms with Crippen LogP contribution < -0.4 is 0 Å². The molecule has 3 aromatic rings. The summed E-state index contributed by atoms with van der Waals surface area (Å²) >= 11 is 0. The standard InChI is InChI=1S/C35H38O5/c1-34(2)39-32(37)31(33(38)40-34)29-10-9-25-15-26(7-8-27(25)16-29)28-6-5-24(4-3-11-36)30(17-28)35-18-21-12-22(19-35)14-23(13-21)20-35/h5-10,15-17,21-23,31,36H,3-4,11-14,18-20H2,1-2H3. The van der Waals surface area contributed by atoms with Gasteiger partial charge < -0.3 is 14.6 Å². The van der Waals surface area contributed by atoms with Crippen molar-refractivity contribution in [3.63, 3.8) is 0 Å². The lowest BCUT2D eigenvalue weighted by molar-refractivity contribution is -0.234. The highest BCUT2D eigenvalue weighted by molar-refractivity contribution is 6.03. The lowest BCUT2D eigenvalue weighted by Crippen LogP contribution is -2.49. The van der Waals surface area contributed by atoms with E-state index in [0.29, 0.717) is 11.0 Å². The van der Waals surface area contributed by atoms with Crippen LogP contribution >= 0.6 is 0 Å². The summed E-state index contributed by atoms with van der Waals surface area (Å²) in [6, 6.07) is 19.1. The molecule has 0 aromatic heterocycles. The summed E-state index contributed by atoms with van der Waals surface area (Å²) in [6.45, 7) is 3.35. The maximum absolute atomic E-state index is 12.6. The fraction of sp³-hybridized carbons (Fsp3) is 0.486. The molecule has 0 unspecified atom stereocenters. The van der Waals surface area contributed by atoms with Crippen LogP contribution in [0.4, 0.5) is 0 Å². The minimum atomic E-state index is -1.24. The van der Waals surface area contributed by atoms with Gasteiger partial charge in [0.1, 0.15) is 0 Å². The Morgan fingerprint density at radius 3 is 2.00 bits per heavy atom. The first-order chi connectivity index (χ1) is 19.2. The Kier molecular flexibility index (Phi) is 6.08. The van der Waals surface area contributed by atoms with Gasteiger partial charge in [0, 0.05) is 20.5 Å². The van der Waals surface area contributed by atoms with Crippen molar-refractivity contribution in [1.29, 1.82) is 0 Å². The molecule has 208 valence electrons. The van der Waals surface area contributed by atoms with E-state index in [1.165, 1.54) is 55.2 Å². The number of aliphatic hydroxyl groups excluding tert-OH is 1. The van der Waals surface area contributed by atoms with Crippen molar-refractivity contribution >= 4 is 22.7 Å². The van der Waals surface area contributed by atoms with Gasteiger partial charge in [0.25, 0.3) is 5.79 Å². The predicted molar refractivity (Wildman–Crippen MR) is 154 cm³/mol. The second-order valence-corrected chi connectivity index (χ2v) is 13.4. The predicted octanol–water partition coefficient (Wildman–Crippen LogP) is 6.82. The Labute approximate surface area is 235 Å². The van der Waals surface area contributed by atoms with Crippen LogP contribution in [0.2, 0.25) is 0 Å². The van der Waals surface area contributed by atoms with Crippen molar-refractivity contribution in [3.05, 3.63) is 71.3 Å². The van der Waals surface area contributed by atoms with E-state index >= 15 is 0 Å². The largest absolute Gasteiger partial charge is 0.422 e. The molecule has 5 fully saturated rings. The van der Waals surface area contributed by atoms with Gasteiger partial charge in [-0.25, -0.2) is 0 Å².